The largest absolute Gasteiger partial charge is 0.508 e. The first-order valence-corrected chi connectivity index (χ1v) is 6.17. The lowest BCUT2D eigenvalue weighted by Gasteiger charge is -2.06. The van der Waals surface area contributed by atoms with Crippen LogP contribution in [0.3, 0.4) is 0 Å². The minimum atomic E-state index is -1.18. The Labute approximate surface area is 119 Å². The summed E-state index contributed by atoms with van der Waals surface area (Å²) in [5.74, 6) is -1.68. The molecule has 0 aliphatic heterocycles. The van der Waals surface area contributed by atoms with Gasteiger partial charge in [0.25, 0.3) is 0 Å². The fourth-order valence-corrected chi connectivity index (χ4v) is 2.12. The number of aromatic hydroxyl groups is 1. The standard InChI is InChI=1S/C16H10FNO3/c17-13-8-10(16(20)21)1-4-12(13)15-5-2-9-7-11(19)3-6-14(9)18-15/h1-8,19H,(H,20,21). The number of hydrogen-bond donors (Lipinski definition) is 2. The van der Waals surface area contributed by atoms with Crippen LogP contribution in [0.5, 0.6) is 5.75 Å². The van der Waals surface area contributed by atoms with Gasteiger partial charge in [0.2, 0.25) is 0 Å². The van der Waals surface area contributed by atoms with E-state index in [0.29, 0.717) is 11.2 Å². The second-order valence-corrected chi connectivity index (χ2v) is 4.57. The van der Waals surface area contributed by atoms with Crippen molar-refractivity contribution in [3.05, 3.63) is 59.9 Å². The maximum Gasteiger partial charge on any atom is 0.335 e. The molecule has 2 N–H and O–H groups in total. The SMILES string of the molecule is O=C(O)c1ccc(-c2ccc3cc(O)ccc3n2)c(F)c1. The fraction of sp³-hybridized carbons (Fsp3) is 0. The van der Waals surface area contributed by atoms with Crippen LogP contribution < -0.4 is 0 Å². The predicted octanol–water partition coefficient (Wildman–Crippen LogP) is 3.44. The molecular weight excluding hydrogens is 273 g/mol. The number of aromatic nitrogens is 1. The van der Waals surface area contributed by atoms with Gasteiger partial charge in [-0.15, -0.1) is 0 Å². The number of pyridine rings is 1. The van der Waals surface area contributed by atoms with E-state index in [1.807, 2.05) is 0 Å². The van der Waals surface area contributed by atoms with Crippen LogP contribution in [0.25, 0.3) is 22.2 Å². The number of benzene rings is 2. The highest BCUT2D eigenvalue weighted by Crippen LogP contribution is 2.26. The van der Waals surface area contributed by atoms with Crippen molar-refractivity contribution in [3.63, 3.8) is 0 Å². The summed E-state index contributed by atoms with van der Waals surface area (Å²) in [4.78, 5) is 15.1. The molecule has 0 atom stereocenters. The Kier molecular flexibility index (Phi) is 3.02. The zero-order valence-corrected chi connectivity index (χ0v) is 10.7. The highest BCUT2D eigenvalue weighted by Gasteiger charge is 2.11. The van der Waals surface area contributed by atoms with Crippen molar-refractivity contribution in [2.45, 2.75) is 0 Å². The van der Waals surface area contributed by atoms with Crippen molar-refractivity contribution in [1.82, 2.24) is 4.98 Å². The van der Waals surface area contributed by atoms with Gasteiger partial charge in [-0.1, -0.05) is 6.07 Å². The first-order chi connectivity index (χ1) is 10.0. The molecule has 0 bridgehead atoms. The molecule has 0 aliphatic carbocycles. The minimum Gasteiger partial charge on any atom is -0.508 e. The topological polar surface area (TPSA) is 70.4 Å². The molecular formula is C16H10FNO3. The van der Waals surface area contributed by atoms with Crippen molar-refractivity contribution in [1.29, 1.82) is 0 Å². The lowest BCUT2D eigenvalue weighted by molar-refractivity contribution is 0.0696. The average Bonchev–Trinajstić information content (AvgIpc) is 2.46. The molecule has 21 heavy (non-hydrogen) atoms. The number of rotatable bonds is 2. The first-order valence-electron chi connectivity index (χ1n) is 6.17. The third-order valence-electron chi connectivity index (χ3n) is 3.16. The van der Waals surface area contributed by atoms with Crippen LogP contribution in [0.2, 0.25) is 0 Å². The zero-order valence-electron chi connectivity index (χ0n) is 10.7. The molecule has 0 radical (unpaired) electrons. The van der Waals surface area contributed by atoms with E-state index in [1.165, 1.54) is 18.2 Å². The lowest BCUT2D eigenvalue weighted by atomic mass is 10.1. The molecule has 104 valence electrons. The molecule has 0 unspecified atom stereocenters. The van der Waals surface area contributed by atoms with Gasteiger partial charge in [0.15, 0.2) is 0 Å². The van der Waals surface area contributed by atoms with E-state index in [4.69, 9.17) is 5.11 Å². The number of nitrogens with zero attached hydrogens (tertiary/aromatic N) is 1. The monoisotopic (exact) mass is 283 g/mol. The number of aromatic carboxylic acids is 1. The highest BCUT2D eigenvalue weighted by atomic mass is 19.1. The zero-order chi connectivity index (χ0) is 15.0. The van der Waals surface area contributed by atoms with Crippen LogP contribution in [0, 0.1) is 5.82 Å². The maximum atomic E-state index is 14.0. The molecule has 5 heteroatoms. The van der Waals surface area contributed by atoms with Crippen molar-refractivity contribution in [2.75, 3.05) is 0 Å². The fourth-order valence-electron chi connectivity index (χ4n) is 2.12. The molecule has 2 aromatic carbocycles. The molecule has 4 nitrogen and oxygen atoms in total. The van der Waals surface area contributed by atoms with E-state index in [2.05, 4.69) is 4.98 Å². The van der Waals surface area contributed by atoms with E-state index >= 15 is 0 Å². The van der Waals surface area contributed by atoms with Crippen LogP contribution in [-0.2, 0) is 0 Å². The van der Waals surface area contributed by atoms with Crippen LogP contribution in [0.1, 0.15) is 10.4 Å². The van der Waals surface area contributed by atoms with Gasteiger partial charge in [-0.3, -0.25) is 0 Å². The number of carboxylic acid groups (broad SMARTS) is 1. The number of carboxylic acids is 1. The molecule has 1 aromatic heterocycles. The second-order valence-electron chi connectivity index (χ2n) is 4.57. The van der Waals surface area contributed by atoms with Gasteiger partial charge in [0.05, 0.1) is 16.8 Å². The Morgan fingerprint density at radius 3 is 2.57 bits per heavy atom. The predicted molar refractivity (Wildman–Crippen MR) is 75.8 cm³/mol. The third-order valence-corrected chi connectivity index (χ3v) is 3.16. The van der Waals surface area contributed by atoms with Gasteiger partial charge >= 0.3 is 5.97 Å². The Hall–Kier alpha value is -2.95. The smallest absolute Gasteiger partial charge is 0.335 e. The average molecular weight is 283 g/mol. The summed E-state index contributed by atoms with van der Waals surface area (Å²) in [5, 5.41) is 19.0. The molecule has 1 heterocycles. The summed E-state index contributed by atoms with van der Waals surface area (Å²) < 4.78 is 14.0. The Morgan fingerprint density at radius 2 is 1.86 bits per heavy atom. The van der Waals surface area contributed by atoms with Crippen molar-refractivity contribution >= 4 is 16.9 Å². The summed E-state index contributed by atoms with van der Waals surface area (Å²) in [6.45, 7) is 0. The molecule has 0 spiro atoms. The van der Waals surface area contributed by atoms with E-state index < -0.39 is 11.8 Å². The van der Waals surface area contributed by atoms with Crippen molar-refractivity contribution in [2.24, 2.45) is 0 Å². The lowest BCUT2D eigenvalue weighted by Crippen LogP contribution is -1.98. The van der Waals surface area contributed by atoms with Crippen molar-refractivity contribution < 1.29 is 19.4 Å². The van der Waals surface area contributed by atoms with E-state index in [1.54, 1.807) is 24.3 Å². The number of fused-ring (bicyclic) bond motifs is 1. The molecule has 0 fully saturated rings. The summed E-state index contributed by atoms with van der Waals surface area (Å²) >= 11 is 0. The first kappa shape index (κ1) is 13.1. The van der Waals surface area contributed by atoms with E-state index in [-0.39, 0.29) is 16.9 Å². The Morgan fingerprint density at radius 1 is 1.05 bits per heavy atom. The number of hydrogen-bond acceptors (Lipinski definition) is 3. The number of carbonyl (C=O) groups is 1. The quantitative estimate of drug-likeness (QED) is 0.755. The maximum absolute atomic E-state index is 14.0. The Balaban J connectivity index is 2.12. The second kappa shape index (κ2) is 4.86. The van der Waals surface area contributed by atoms with E-state index in [0.717, 1.165) is 11.5 Å². The van der Waals surface area contributed by atoms with Crippen molar-refractivity contribution in [3.8, 4) is 17.0 Å². The number of phenols is 1. The van der Waals surface area contributed by atoms with Crippen LogP contribution in [0.15, 0.2) is 48.5 Å². The van der Waals surface area contributed by atoms with Gasteiger partial charge in [-0.2, -0.15) is 0 Å². The third kappa shape index (κ3) is 2.41. The van der Waals surface area contributed by atoms with Gasteiger partial charge < -0.3 is 10.2 Å². The number of phenolic OH excluding ortho intramolecular Hbond substituents is 1. The summed E-state index contributed by atoms with van der Waals surface area (Å²) in [6.07, 6.45) is 0. The summed E-state index contributed by atoms with van der Waals surface area (Å²) in [7, 11) is 0. The highest BCUT2D eigenvalue weighted by molar-refractivity contribution is 5.88. The van der Waals surface area contributed by atoms with Gasteiger partial charge in [0.1, 0.15) is 11.6 Å². The van der Waals surface area contributed by atoms with Gasteiger partial charge in [-0.25, -0.2) is 14.2 Å². The molecule has 0 aliphatic rings. The Bertz CT molecular complexity index is 861. The summed E-state index contributed by atoms with van der Waals surface area (Å²) in [5.41, 5.74) is 1.14. The molecule has 3 rings (SSSR count). The van der Waals surface area contributed by atoms with E-state index in [9.17, 15) is 14.3 Å². The van der Waals surface area contributed by atoms with Crippen LogP contribution in [0.4, 0.5) is 4.39 Å². The van der Waals surface area contributed by atoms with Gasteiger partial charge in [-0.05, 0) is 42.5 Å². The number of halogens is 1. The van der Waals surface area contributed by atoms with Crippen LogP contribution in [-0.4, -0.2) is 21.2 Å². The molecule has 3 aromatic rings. The molecule has 0 amide bonds. The van der Waals surface area contributed by atoms with Gasteiger partial charge in [0, 0.05) is 10.9 Å². The normalized spacial score (nSPS) is 10.7. The molecule has 0 saturated carbocycles. The molecule has 0 saturated heterocycles. The minimum absolute atomic E-state index is 0.109. The summed E-state index contributed by atoms with van der Waals surface area (Å²) in [6, 6.07) is 11.8. The van der Waals surface area contributed by atoms with Crippen LogP contribution >= 0.6 is 0 Å².